The molecule has 2 aliphatic rings. The van der Waals surface area contributed by atoms with Gasteiger partial charge in [-0.3, -0.25) is 4.90 Å². The Morgan fingerprint density at radius 1 is 1.03 bits per heavy atom. The van der Waals surface area contributed by atoms with Gasteiger partial charge in [-0.25, -0.2) is 0 Å². The molecule has 172 valence electrons. The molecule has 1 aromatic carbocycles. The summed E-state index contributed by atoms with van der Waals surface area (Å²) in [5.41, 5.74) is 3.99. The van der Waals surface area contributed by atoms with Crippen molar-refractivity contribution in [2.45, 2.75) is 26.2 Å². The van der Waals surface area contributed by atoms with Crippen LogP contribution in [0.4, 0.5) is 11.5 Å². The second kappa shape index (κ2) is 9.72. The number of ether oxygens (including phenoxy) is 1. The van der Waals surface area contributed by atoms with E-state index in [2.05, 4.69) is 50.0 Å². The maximum absolute atomic E-state index is 9.64. The second-order valence-electron chi connectivity index (χ2n) is 9.03. The zero-order chi connectivity index (χ0) is 22.6. The average Bonchev–Trinajstić information content (AvgIpc) is 3.34. The van der Waals surface area contributed by atoms with Crippen molar-refractivity contribution in [1.29, 1.82) is 5.26 Å². The first kappa shape index (κ1) is 21.6. The lowest BCUT2D eigenvalue weighted by Gasteiger charge is -2.36. The van der Waals surface area contributed by atoms with Gasteiger partial charge in [0.15, 0.2) is 0 Å². The van der Waals surface area contributed by atoms with Crippen LogP contribution in [0.3, 0.4) is 0 Å². The van der Waals surface area contributed by atoms with E-state index in [1.54, 1.807) is 0 Å². The van der Waals surface area contributed by atoms with Gasteiger partial charge in [-0.05, 0) is 56.0 Å². The Kier molecular flexibility index (Phi) is 6.36. The number of rotatable bonds is 6. The van der Waals surface area contributed by atoms with Gasteiger partial charge in [0.2, 0.25) is 5.88 Å². The van der Waals surface area contributed by atoms with Crippen molar-refractivity contribution in [2.75, 3.05) is 62.2 Å². The maximum atomic E-state index is 9.64. The number of fused-ring (bicyclic) bond motifs is 1. The number of hydrogen-bond donors (Lipinski definition) is 1. The SMILES string of the molecule is Cc1cc(N2CCCCC2)nc(OCCN2CCN(c3cccc4[nH]ccc34)CC2)c1C#N. The summed E-state index contributed by atoms with van der Waals surface area (Å²) in [6, 6.07) is 12.9. The highest BCUT2D eigenvalue weighted by molar-refractivity contribution is 5.92. The highest BCUT2D eigenvalue weighted by Gasteiger charge is 2.20. The van der Waals surface area contributed by atoms with Crippen molar-refractivity contribution < 1.29 is 4.74 Å². The van der Waals surface area contributed by atoms with Gasteiger partial charge >= 0.3 is 0 Å². The molecule has 0 radical (unpaired) electrons. The van der Waals surface area contributed by atoms with Gasteiger partial charge < -0.3 is 19.5 Å². The maximum Gasteiger partial charge on any atom is 0.233 e. The minimum absolute atomic E-state index is 0.482. The van der Waals surface area contributed by atoms with E-state index in [0.717, 1.165) is 57.2 Å². The number of aryl methyl sites for hydroxylation is 1. The number of nitriles is 1. The minimum atomic E-state index is 0.482. The Bertz CT molecular complexity index is 1140. The van der Waals surface area contributed by atoms with E-state index in [1.165, 1.54) is 35.9 Å². The predicted octanol–water partition coefficient (Wildman–Crippen LogP) is 3.93. The van der Waals surface area contributed by atoms with Gasteiger partial charge in [0.05, 0.1) is 0 Å². The van der Waals surface area contributed by atoms with Crippen LogP contribution in [-0.4, -0.2) is 67.3 Å². The van der Waals surface area contributed by atoms with Crippen LogP contribution in [-0.2, 0) is 0 Å². The highest BCUT2D eigenvalue weighted by atomic mass is 16.5. The van der Waals surface area contributed by atoms with Crippen molar-refractivity contribution in [3.63, 3.8) is 0 Å². The van der Waals surface area contributed by atoms with Gasteiger partial charge in [0.25, 0.3) is 0 Å². The number of piperidine rings is 1. The van der Waals surface area contributed by atoms with E-state index in [4.69, 9.17) is 9.72 Å². The quantitative estimate of drug-likeness (QED) is 0.621. The Morgan fingerprint density at radius 3 is 2.64 bits per heavy atom. The molecule has 0 saturated carbocycles. The van der Waals surface area contributed by atoms with E-state index >= 15 is 0 Å². The molecular formula is C26H32N6O. The largest absolute Gasteiger partial charge is 0.475 e. The molecule has 5 rings (SSSR count). The fourth-order valence-corrected chi connectivity index (χ4v) is 4.98. The van der Waals surface area contributed by atoms with E-state index in [9.17, 15) is 5.26 Å². The summed E-state index contributed by atoms with van der Waals surface area (Å²) in [6.45, 7) is 9.39. The number of H-pyrrole nitrogens is 1. The number of nitrogens with zero attached hydrogens (tertiary/aromatic N) is 5. The topological polar surface area (TPSA) is 71.4 Å². The van der Waals surface area contributed by atoms with Gasteiger partial charge in [-0.15, -0.1) is 0 Å². The fraction of sp³-hybridized carbons (Fsp3) is 0.462. The van der Waals surface area contributed by atoms with Crippen LogP contribution in [0, 0.1) is 18.3 Å². The molecule has 0 bridgehead atoms. The molecule has 2 saturated heterocycles. The van der Waals surface area contributed by atoms with Gasteiger partial charge in [0.1, 0.15) is 24.1 Å². The Labute approximate surface area is 195 Å². The van der Waals surface area contributed by atoms with E-state index in [0.29, 0.717) is 18.1 Å². The lowest BCUT2D eigenvalue weighted by Crippen LogP contribution is -2.47. The van der Waals surface area contributed by atoms with Crippen molar-refractivity contribution in [3.8, 4) is 11.9 Å². The van der Waals surface area contributed by atoms with Crippen molar-refractivity contribution in [3.05, 3.63) is 47.7 Å². The molecule has 0 unspecified atom stereocenters. The second-order valence-corrected chi connectivity index (χ2v) is 9.03. The first-order valence-corrected chi connectivity index (χ1v) is 12.1. The molecule has 1 N–H and O–H groups in total. The van der Waals surface area contributed by atoms with Crippen LogP contribution < -0.4 is 14.5 Å². The number of aromatic amines is 1. The number of benzene rings is 1. The molecule has 0 aliphatic carbocycles. The van der Waals surface area contributed by atoms with Crippen molar-refractivity contribution >= 4 is 22.4 Å². The standard InChI is InChI=1S/C26H32N6O/c1-20-18-25(32-10-3-2-4-11-32)29-26(22(20)19-27)33-17-16-30-12-14-31(15-13-30)24-7-5-6-23-21(24)8-9-28-23/h5-9,18,28H,2-4,10-17H2,1H3. The third-order valence-corrected chi connectivity index (χ3v) is 6.89. The summed E-state index contributed by atoms with van der Waals surface area (Å²) in [5, 5.41) is 10.9. The van der Waals surface area contributed by atoms with Gasteiger partial charge in [-0.1, -0.05) is 6.07 Å². The van der Waals surface area contributed by atoms with Crippen LogP contribution in [0.15, 0.2) is 36.5 Å². The van der Waals surface area contributed by atoms with E-state index in [-0.39, 0.29) is 0 Å². The molecule has 0 spiro atoms. The molecule has 0 amide bonds. The van der Waals surface area contributed by atoms with Crippen LogP contribution in [0.1, 0.15) is 30.4 Å². The summed E-state index contributed by atoms with van der Waals surface area (Å²) in [6.07, 6.45) is 5.68. The van der Waals surface area contributed by atoms with E-state index in [1.807, 2.05) is 19.2 Å². The number of pyridine rings is 1. The highest BCUT2D eigenvalue weighted by Crippen LogP contribution is 2.28. The summed E-state index contributed by atoms with van der Waals surface area (Å²) in [7, 11) is 0. The predicted molar refractivity (Wildman–Crippen MR) is 132 cm³/mol. The summed E-state index contributed by atoms with van der Waals surface area (Å²) >= 11 is 0. The number of anilines is 2. The molecule has 3 aromatic rings. The zero-order valence-corrected chi connectivity index (χ0v) is 19.4. The van der Waals surface area contributed by atoms with Gasteiger partial charge in [-0.2, -0.15) is 10.2 Å². The molecule has 2 aliphatic heterocycles. The smallest absolute Gasteiger partial charge is 0.233 e. The minimum Gasteiger partial charge on any atom is -0.475 e. The fourth-order valence-electron chi connectivity index (χ4n) is 4.98. The summed E-state index contributed by atoms with van der Waals surface area (Å²) in [4.78, 5) is 15.3. The number of aromatic nitrogens is 2. The number of piperazine rings is 1. The van der Waals surface area contributed by atoms with Crippen molar-refractivity contribution in [1.82, 2.24) is 14.9 Å². The average molecular weight is 445 g/mol. The number of hydrogen-bond acceptors (Lipinski definition) is 6. The molecular weight excluding hydrogens is 412 g/mol. The molecule has 33 heavy (non-hydrogen) atoms. The molecule has 0 atom stereocenters. The van der Waals surface area contributed by atoms with Crippen molar-refractivity contribution in [2.24, 2.45) is 0 Å². The monoisotopic (exact) mass is 444 g/mol. The van der Waals surface area contributed by atoms with Gasteiger partial charge in [0, 0.05) is 68.6 Å². The Hall–Kier alpha value is -3.24. The molecule has 2 fully saturated rings. The zero-order valence-electron chi connectivity index (χ0n) is 19.4. The third kappa shape index (κ3) is 4.62. The first-order chi connectivity index (χ1) is 16.2. The van der Waals surface area contributed by atoms with Crippen LogP contribution in [0.5, 0.6) is 5.88 Å². The third-order valence-electron chi connectivity index (χ3n) is 6.89. The summed E-state index contributed by atoms with van der Waals surface area (Å²) < 4.78 is 6.08. The van der Waals surface area contributed by atoms with Crippen LogP contribution in [0.2, 0.25) is 0 Å². The molecule has 7 heteroatoms. The van der Waals surface area contributed by atoms with Crippen LogP contribution in [0.25, 0.3) is 10.9 Å². The lowest BCUT2D eigenvalue weighted by molar-refractivity contribution is 0.197. The Balaban J connectivity index is 1.18. The molecule has 2 aromatic heterocycles. The molecule has 4 heterocycles. The number of nitrogens with one attached hydrogen (secondary N) is 1. The first-order valence-electron chi connectivity index (χ1n) is 12.1. The van der Waals surface area contributed by atoms with E-state index < -0.39 is 0 Å². The molecule has 7 nitrogen and oxygen atoms in total. The normalized spacial score (nSPS) is 17.3. The van der Waals surface area contributed by atoms with Crippen LogP contribution >= 0.6 is 0 Å². The lowest BCUT2D eigenvalue weighted by atomic mass is 10.1. The summed E-state index contributed by atoms with van der Waals surface area (Å²) in [5.74, 6) is 1.42. The Morgan fingerprint density at radius 2 is 1.85 bits per heavy atom.